The van der Waals surface area contributed by atoms with Crippen LogP contribution in [0.5, 0.6) is 0 Å². The number of benzene rings is 2. The Labute approximate surface area is 161 Å². The van der Waals surface area contributed by atoms with Gasteiger partial charge in [0.15, 0.2) is 5.58 Å². The minimum Gasteiger partial charge on any atom is -0.420 e. The monoisotopic (exact) mass is 380 g/mol. The van der Waals surface area contributed by atoms with E-state index in [1.165, 1.54) is 18.2 Å². The van der Waals surface area contributed by atoms with E-state index < -0.39 is 10.5 Å². The summed E-state index contributed by atoms with van der Waals surface area (Å²) in [5.74, 6) is 0.129. The molecule has 0 unspecified atom stereocenters. The smallest absolute Gasteiger partial charge is 0.336 e. The lowest BCUT2D eigenvalue weighted by Gasteiger charge is -2.32. The van der Waals surface area contributed by atoms with E-state index in [4.69, 9.17) is 9.83 Å². The van der Waals surface area contributed by atoms with Gasteiger partial charge in [0, 0.05) is 36.7 Å². The molecule has 1 N–H and O–H groups in total. The third-order valence-corrected chi connectivity index (χ3v) is 4.41. The number of hydrogen-bond acceptors (Lipinski definition) is 5. The van der Waals surface area contributed by atoms with E-state index in [9.17, 15) is 14.9 Å². The fourth-order valence-electron chi connectivity index (χ4n) is 3.10. The van der Waals surface area contributed by atoms with E-state index in [-0.39, 0.29) is 11.6 Å². The first kappa shape index (κ1) is 19.1. The van der Waals surface area contributed by atoms with E-state index >= 15 is 0 Å². The zero-order valence-electron chi connectivity index (χ0n) is 15.6. The zero-order valence-corrected chi connectivity index (χ0v) is 15.6. The van der Waals surface area contributed by atoms with Gasteiger partial charge in [-0.25, -0.2) is 4.79 Å². The van der Waals surface area contributed by atoms with Crippen LogP contribution >= 0.6 is 0 Å². The number of guanidine groups is 1. The van der Waals surface area contributed by atoms with Gasteiger partial charge in [0.05, 0.1) is 16.3 Å². The standard InChI is InChI=1S/C20H20N4O4/c1-3-22(15-8-6-9-16(13-15)24(26)27)20(21)23(4-2)17-10-5-7-14-11-12-18(25)28-19(14)17/h5-13,21H,3-4H2,1-2H3. The van der Waals surface area contributed by atoms with Crippen molar-refractivity contribution < 1.29 is 9.34 Å². The van der Waals surface area contributed by atoms with Gasteiger partial charge in [-0.05, 0) is 32.0 Å². The van der Waals surface area contributed by atoms with Crippen LogP contribution in [0.4, 0.5) is 17.1 Å². The van der Waals surface area contributed by atoms with Gasteiger partial charge in [0.25, 0.3) is 5.69 Å². The maximum absolute atomic E-state index is 11.7. The van der Waals surface area contributed by atoms with Crippen LogP contribution < -0.4 is 15.4 Å². The highest BCUT2D eigenvalue weighted by Gasteiger charge is 2.22. The van der Waals surface area contributed by atoms with Crippen LogP contribution in [0, 0.1) is 15.5 Å². The molecule has 28 heavy (non-hydrogen) atoms. The number of non-ortho nitro benzene ring substituents is 1. The summed E-state index contributed by atoms with van der Waals surface area (Å²) in [7, 11) is 0. The highest BCUT2D eigenvalue weighted by atomic mass is 16.6. The van der Waals surface area contributed by atoms with E-state index in [1.54, 1.807) is 34.1 Å². The molecule has 0 saturated heterocycles. The molecule has 0 bridgehead atoms. The summed E-state index contributed by atoms with van der Waals surface area (Å²) in [4.78, 5) is 25.7. The predicted octanol–water partition coefficient (Wildman–Crippen LogP) is 3.99. The van der Waals surface area contributed by atoms with Gasteiger partial charge in [-0.2, -0.15) is 0 Å². The van der Waals surface area contributed by atoms with Crippen molar-refractivity contribution in [2.75, 3.05) is 22.9 Å². The highest BCUT2D eigenvalue weighted by molar-refractivity contribution is 6.08. The summed E-state index contributed by atoms with van der Waals surface area (Å²) in [5, 5.41) is 20.6. The van der Waals surface area contributed by atoms with Gasteiger partial charge in [0.2, 0.25) is 5.96 Å². The number of nitrogens with one attached hydrogen (secondary N) is 1. The van der Waals surface area contributed by atoms with E-state index in [0.717, 1.165) is 5.39 Å². The van der Waals surface area contributed by atoms with Crippen molar-refractivity contribution in [3.05, 3.63) is 75.1 Å². The number of nitrogens with zero attached hydrogens (tertiary/aromatic N) is 3. The van der Waals surface area contributed by atoms with Gasteiger partial charge in [-0.15, -0.1) is 0 Å². The lowest BCUT2D eigenvalue weighted by molar-refractivity contribution is -0.384. The van der Waals surface area contributed by atoms with Gasteiger partial charge < -0.3 is 14.2 Å². The molecule has 3 rings (SSSR count). The third-order valence-electron chi connectivity index (χ3n) is 4.41. The molecular weight excluding hydrogens is 360 g/mol. The van der Waals surface area contributed by atoms with Crippen LogP contribution in [-0.2, 0) is 0 Å². The van der Waals surface area contributed by atoms with Gasteiger partial charge in [-0.3, -0.25) is 15.5 Å². The van der Waals surface area contributed by atoms with Crippen LogP contribution in [-0.4, -0.2) is 24.0 Å². The summed E-state index contributed by atoms with van der Waals surface area (Å²) in [6, 6.07) is 14.7. The number of nitro groups is 1. The molecule has 1 aromatic heterocycles. The molecule has 0 aliphatic heterocycles. The Balaban J connectivity index is 2.06. The van der Waals surface area contributed by atoms with Crippen molar-refractivity contribution in [1.29, 1.82) is 5.41 Å². The number of hydrogen-bond donors (Lipinski definition) is 1. The van der Waals surface area contributed by atoms with Crippen LogP contribution in [0.3, 0.4) is 0 Å². The summed E-state index contributed by atoms with van der Waals surface area (Å²) in [6.45, 7) is 4.63. The second-order valence-electron chi connectivity index (χ2n) is 6.04. The minimum atomic E-state index is -0.464. The molecule has 2 aromatic carbocycles. The van der Waals surface area contributed by atoms with E-state index in [0.29, 0.717) is 30.0 Å². The molecule has 3 aromatic rings. The van der Waals surface area contributed by atoms with Crippen molar-refractivity contribution in [2.45, 2.75) is 13.8 Å². The molecular formula is C20H20N4O4. The molecule has 0 fully saturated rings. The second-order valence-corrected chi connectivity index (χ2v) is 6.04. The molecule has 0 spiro atoms. The predicted molar refractivity (Wildman–Crippen MR) is 109 cm³/mol. The van der Waals surface area contributed by atoms with Gasteiger partial charge in [0.1, 0.15) is 0 Å². The van der Waals surface area contributed by atoms with Crippen LogP contribution in [0.25, 0.3) is 11.0 Å². The minimum absolute atomic E-state index is 0.0389. The summed E-state index contributed by atoms with van der Waals surface area (Å²) in [5.41, 5.74) is 1.03. The Hall–Kier alpha value is -3.68. The molecule has 8 heteroatoms. The lowest BCUT2D eigenvalue weighted by atomic mass is 10.2. The molecule has 0 amide bonds. The topological polar surface area (TPSA) is 104 Å². The Morgan fingerprint density at radius 2 is 1.79 bits per heavy atom. The van der Waals surface area contributed by atoms with Crippen molar-refractivity contribution >= 4 is 34.0 Å². The van der Waals surface area contributed by atoms with Crippen molar-refractivity contribution in [3.63, 3.8) is 0 Å². The van der Waals surface area contributed by atoms with E-state index in [1.807, 2.05) is 26.0 Å². The Bertz CT molecular complexity index is 1090. The molecule has 0 saturated carbocycles. The molecule has 0 aliphatic carbocycles. The van der Waals surface area contributed by atoms with Crippen LogP contribution in [0.1, 0.15) is 13.8 Å². The van der Waals surface area contributed by atoms with Crippen molar-refractivity contribution in [2.24, 2.45) is 0 Å². The second kappa shape index (κ2) is 7.91. The summed E-state index contributed by atoms with van der Waals surface area (Å²) < 4.78 is 5.39. The van der Waals surface area contributed by atoms with E-state index in [2.05, 4.69) is 0 Å². The van der Waals surface area contributed by atoms with Gasteiger partial charge >= 0.3 is 5.63 Å². The van der Waals surface area contributed by atoms with Crippen molar-refractivity contribution in [3.8, 4) is 0 Å². The highest BCUT2D eigenvalue weighted by Crippen LogP contribution is 2.28. The fraction of sp³-hybridized carbons (Fsp3) is 0.200. The molecule has 144 valence electrons. The molecule has 8 nitrogen and oxygen atoms in total. The fourth-order valence-corrected chi connectivity index (χ4v) is 3.10. The van der Waals surface area contributed by atoms with Gasteiger partial charge in [-0.1, -0.05) is 18.2 Å². The first-order chi connectivity index (χ1) is 13.5. The quantitative estimate of drug-likeness (QED) is 0.236. The number of anilines is 2. The van der Waals surface area contributed by atoms with Crippen LogP contribution in [0.2, 0.25) is 0 Å². The Kier molecular flexibility index (Phi) is 5.39. The molecule has 1 heterocycles. The van der Waals surface area contributed by atoms with Crippen LogP contribution in [0.15, 0.2) is 63.8 Å². The first-order valence-corrected chi connectivity index (χ1v) is 8.87. The SMILES string of the molecule is CCN(C(=N)N(CC)c1cccc2ccc(=O)oc12)c1cccc([N+](=O)[O-])c1. The summed E-state index contributed by atoms with van der Waals surface area (Å²) >= 11 is 0. The summed E-state index contributed by atoms with van der Waals surface area (Å²) in [6.07, 6.45) is 0. The molecule has 0 atom stereocenters. The average Bonchev–Trinajstić information content (AvgIpc) is 2.69. The Morgan fingerprint density at radius 1 is 1.07 bits per heavy atom. The Morgan fingerprint density at radius 3 is 2.46 bits per heavy atom. The zero-order chi connectivity index (χ0) is 20.3. The maximum atomic E-state index is 11.7. The first-order valence-electron chi connectivity index (χ1n) is 8.87. The number of rotatable bonds is 5. The molecule has 0 radical (unpaired) electrons. The lowest BCUT2D eigenvalue weighted by Crippen LogP contribution is -2.44. The normalized spacial score (nSPS) is 10.6. The van der Waals surface area contributed by atoms with Crippen molar-refractivity contribution in [1.82, 2.24) is 0 Å². The molecule has 0 aliphatic rings. The maximum Gasteiger partial charge on any atom is 0.336 e. The third kappa shape index (κ3) is 3.57. The average molecular weight is 380 g/mol. The number of para-hydroxylation sites is 1. The number of fused-ring (bicyclic) bond motifs is 1. The largest absolute Gasteiger partial charge is 0.420 e. The number of nitro benzene ring substituents is 1.